The zero-order valence-electron chi connectivity index (χ0n) is 14.6. The lowest BCUT2D eigenvalue weighted by Gasteiger charge is -2.18. The standard InChI is InChI=1S/C23H22FNO/c24-21-13-11-18(12-14-21)15-16-25-23(26)17-22(19-7-3-1-4-8-19)20-9-5-2-6-10-20/h1-14,22H,15-17H2,(H,25,26). The summed E-state index contributed by atoms with van der Waals surface area (Å²) in [7, 11) is 0. The molecule has 0 saturated heterocycles. The summed E-state index contributed by atoms with van der Waals surface area (Å²) in [6, 6.07) is 26.6. The summed E-state index contributed by atoms with van der Waals surface area (Å²) in [6.07, 6.45) is 1.09. The largest absolute Gasteiger partial charge is 0.356 e. The predicted octanol–water partition coefficient (Wildman–Crippen LogP) is 4.71. The summed E-state index contributed by atoms with van der Waals surface area (Å²) in [5.74, 6) is -0.195. The van der Waals surface area contributed by atoms with Gasteiger partial charge in [-0.25, -0.2) is 4.39 Å². The molecule has 0 bridgehead atoms. The molecule has 0 fully saturated rings. The highest BCUT2D eigenvalue weighted by Gasteiger charge is 2.17. The van der Waals surface area contributed by atoms with Gasteiger partial charge in [-0.15, -0.1) is 0 Å². The van der Waals surface area contributed by atoms with Crippen LogP contribution in [0, 0.1) is 5.82 Å². The van der Waals surface area contributed by atoms with E-state index in [-0.39, 0.29) is 17.6 Å². The van der Waals surface area contributed by atoms with Crippen molar-refractivity contribution in [1.82, 2.24) is 5.32 Å². The van der Waals surface area contributed by atoms with Gasteiger partial charge in [0.1, 0.15) is 5.82 Å². The molecular weight excluding hydrogens is 325 g/mol. The Bertz CT molecular complexity index is 776. The molecule has 3 rings (SSSR count). The maximum atomic E-state index is 12.9. The van der Waals surface area contributed by atoms with E-state index in [0.29, 0.717) is 19.4 Å². The molecule has 0 aliphatic heterocycles. The van der Waals surface area contributed by atoms with Gasteiger partial charge in [0.25, 0.3) is 0 Å². The number of nitrogens with one attached hydrogen (secondary N) is 1. The van der Waals surface area contributed by atoms with E-state index in [0.717, 1.165) is 16.7 Å². The highest BCUT2D eigenvalue weighted by atomic mass is 19.1. The first kappa shape index (κ1) is 17.9. The normalized spacial score (nSPS) is 10.7. The highest BCUT2D eigenvalue weighted by molar-refractivity contribution is 5.77. The number of hydrogen-bond donors (Lipinski definition) is 1. The number of carbonyl (C=O) groups excluding carboxylic acids is 1. The summed E-state index contributed by atoms with van der Waals surface area (Å²) < 4.78 is 12.9. The van der Waals surface area contributed by atoms with E-state index in [4.69, 9.17) is 0 Å². The molecule has 0 atom stereocenters. The maximum Gasteiger partial charge on any atom is 0.220 e. The summed E-state index contributed by atoms with van der Waals surface area (Å²) in [6.45, 7) is 0.542. The van der Waals surface area contributed by atoms with E-state index < -0.39 is 0 Å². The van der Waals surface area contributed by atoms with E-state index in [2.05, 4.69) is 29.6 Å². The third kappa shape index (κ3) is 5.03. The first-order valence-electron chi connectivity index (χ1n) is 8.83. The molecule has 3 aromatic carbocycles. The van der Waals surface area contributed by atoms with Crippen LogP contribution in [-0.2, 0) is 11.2 Å². The van der Waals surface area contributed by atoms with Crippen molar-refractivity contribution in [2.75, 3.05) is 6.54 Å². The van der Waals surface area contributed by atoms with Crippen LogP contribution < -0.4 is 5.32 Å². The molecule has 3 heteroatoms. The molecule has 0 heterocycles. The quantitative estimate of drug-likeness (QED) is 0.659. The molecule has 2 nitrogen and oxygen atoms in total. The minimum Gasteiger partial charge on any atom is -0.356 e. The van der Waals surface area contributed by atoms with E-state index in [1.165, 1.54) is 12.1 Å². The van der Waals surface area contributed by atoms with Crippen molar-refractivity contribution in [2.24, 2.45) is 0 Å². The van der Waals surface area contributed by atoms with Gasteiger partial charge in [0.05, 0.1) is 0 Å². The first-order chi connectivity index (χ1) is 12.7. The van der Waals surface area contributed by atoms with E-state index in [1.54, 1.807) is 12.1 Å². The number of amides is 1. The SMILES string of the molecule is O=C(CC(c1ccccc1)c1ccccc1)NCCc1ccc(F)cc1. The lowest BCUT2D eigenvalue weighted by molar-refractivity contribution is -0.121. The molecule has 3 aromatic rings. The van der Waals surface area contributed by atoms with Crippen molar-refractivity contribution in [1.29, 1.82) is 0 Å². The Morgan fingerprint density at radius 3 is 1.88 bits per heavy atom. The molecule has 1 amide bonds. The lowest BCUT2D eigenvalue weighted by atomic mass is 9.88. The molecular formula is C23H22FNO. The molecule has 1 N–H and O–H groups in total. The van der Waals surface area contributed by atoms with Crippen LogP contribution in [0.15, 0.2) is 84.9 Å². The molecule has 0 unspecified atom stereocenters. The second-order valence-electron chi connectivity index (χ2n) is 6.30. The second-order valence-corrected chi connectivity index (χ2v) is 6.30. The zero-order valence-corrected chi connectivity index (χ0v) is 14.6. The first-order valence-corrected chi connectivity index (χ1v) is 8.83. The Labute approximate surface area is 153 Å². The summed E-state index contributed by atoms with van der Waals surface area (Å²) in [4.78, 5) is 12.5. The van der Waals surface area contributed by atoms with Crippen LogP contribution in [0.5, 0.6) is 0 Å². The van der Waals surface area contributed by atoms with Gasteiger partial charge in [-0.3, -0.25) is 4.79 Å². The van der Waals surface area contributed by atoms with E-state index in [1.807, 2.05) is 36.4 Å². The van der Waals surface area contributed by atoms with Crippen molar-refractivity contribution >= 4 is 5.91 Å². The predicted molar refractivity (Wildman–Crippen MR) is 102 cm³/mol. The van der Waals surface area contributed by atoms with Crippen molar-refractivity contribution in [2.45, 2.75) is 18.8 Å². The van der Waals surface area contributed by atoms with Gasteiger partial charge in [0.15, 0.2) is 0 Å². The van der Waals surface area contributed by atoms with Crippen molar-refractivity contribution in [3.8, 4) is 0 Å². The fourth-order valence-corrected chi connectivity index (χ4v) is 3.05. The molecule has 0 saturated carbocycles. The summed E-state index contributed by atoms with van der Waals surface area (Å²) in [5, 5.41) is 2.98. The lowest BCUT2D eigenvalue weighted by Crippen LogP contribution is -2.27. The van der Waals surface area contributed by atoms with Crippen LogP contribution in [0.2, 0.25) is 0 Å². The second kappa shape index (κ2) is 8.95. The summed E-state index contributed by atoms with van der Waals surface area (Å²) >= 11 is 0. The summed E-state index contributed by atoms with van der Waals surface area (Å²) in [5.41, 5.74) is 3.27. The minimum atomic E-state index is -0.244. The minimum absolute atomic E-state index is 0.0183. The van der Waals surface area contributed by atoms with Gasteiger partial charge in [0, 0.05) is 18.9 Å². The Balaban J connectivity index is 1.61. The number of carbonyl (C=O) groups is 1. The van der Waals surface area contributed by atoms with Crippen molar-refractivity contribution in [3.63, 3.8) is 0 Å². The van der Waals surface area contributed by atoms with Gasteiger partial charge < -0.3 is 5.32 Å². The van der Waals surface area contributed by atoms with Gasteiger partial charge in [-0.05, 0) is 35.2 Å². The molecule has 0 radical (unpaired) electrons. The fourth-order valence-electron chi connectivity index (χ4n) is 3.05. The van der Waals surface area contributed by atoms with Crippen LogP contribution in [0.4, 0.5) is 4.39 Å². The molecule has 0 aliphatic carbocycles. The third-order valence-electron chi connectivity index (χ3n) is 4.44. The van der Waals surface area contributed by atoms with E-state index >= 15 is 0 Å². The van der Waals surface area contributed by atoms with Crippen LogP contribution in [0.1, 0.15) is 29.0 Å². The Morgan fingerprint density at radius 1 is 0.808 bits per heavy atom. The average Bonchev–Trinajstić information content (AvgIpc) is 2.69. The fraction of sp³-hybridized carbons (Fsp3) is 0.174. The van der Waals surface area contributed by atoms with Crippen LogP contribution in [-0.4, -0.2) is 12.5 Å². The van der Waals surface area contributed by atoms with Crippen LogP contribution in [0.3, 0.4) is 0 Å². The number of benzene rings is 3. The van der Waals surface area contributed by atoms with Gasteiger partial charge in [-0.1, -0.05) is 72.8 Å². The molecule has 26 heavy (non-hydrogen) atoms. The topological polar surface area (TPSA) is 29.1 Å². The van der Waals surface area contributed by atoms with Crippen LogP contribution >= 0.6 is 0 Å². The van der Waals surface area contributed by atoms with E-state index in [9.17, 15) is 9.18 Å². The van der Waals surface area contributed by atoms with Gasteiger partial charge >= 0.3 is 0 Å². The van der Waals surface area contributed by atoms with Gasteiger partial charge in [0.2, 0.25) is 5.91 Å². The van der Waals surface area contributed by atoms with Crippen molar-refractivity contribution in [3.05, 3.63) is 107 Å². The number of rotatable bonds is 7. The number of hydrogen-bond acceptors (Lipinski definition) is 1. The molecule has 0 spiro atoms. The molecule has 132 valence electrons. The monoisotopic (exact) mass is 347 g/mol. The smallest absolute Gasteiger partial charge is 0.220 e. The van der Waals surface area contributed by atoms with Gasteiger partial charge in [-0.2, -0.15) is 0 Å². The zero-order chi connectivity index (χ0) is 18.2. The van der Waals surface area contributed by atoms with Crippen LogP contribution in [0.25, 0.3) is 0 Å². The Hall–Kier alpha value is -2.94. The maximum absolute atomic E-state index is 12.9. The third-order valence-corrected chi connectivity index (χ3v) is 4.44. The number of halogens is 1. The Kier molecular flexibility index (Phi) is 6.15. The molecule has 0 aliphatic rings. The average molecular weight is 347 g/mol. The van der Waals surface area contributed by atoms with Crippen molar-refractivity contribution < 1.29 is 9.18 Å². The molecule has 0 aromatic heterocycles. The highest BCUT2D eigenvalue weighted by Crippen LogP contribution is 2.27. The Morgan fingerprint density at radius 2 is 1.35 bits per heavy atom.